The van der Waals surface area contributed by atoms with E-state index in [0.717, 1.165) is 39.2 Å². The second-order valence-electron chi connectivity index (χ2n) is 9.96. The van der Waals surface area contributed by atoms with Gasteiger partial charge in [0.1, 0.15) is 0 Å². The smallest absolute Gasteiger partial charge is 0.235 e. The number of aromatic nitrogens is 3. The molecule has 0 bridgehead atoms. The third kappa shape index (κ3) is 3.55. The molecule has 40 heavy (non-hydrogen) atoms. The van der Waals surface area contributed by atoms with Crippen molar-refractivity contribution in [1.82, 2.24) is 14.5 Å². The van der Waals surface area contributed by atoms with Crippen LogP contribution in [0.25, 0.3) is 38.8 Å². The second kappa shape index (κ2) is 9.11. The first kappa shape index (κ1) is 23.1. The summed E-state index contributed by atoms with van der Waals surface area (Å²) in [7, 11) is 0. The van der Waals surface area contributed by atoms with Crippen molar-refractivity contribution in [3.05, 3.63) is 133 Å². The van der Waals surface area contributed by atoms with Crippen LogP contribution >= 0.6 is 11.8 Å². The molecule has 0 amide bonds. The third-order valence-corrected chi connectivity index (χ3v) is 8.77. The molecular formula is C35H24N4S. The van der Waals surface area contributed by atoms with Crippen LogP contribution in [-0.4, -0.2) is 14.5 Å². The standard InChI is InChI=1S/C35H24N4S/c1-23-26-21-22-38(24-11-4-2-5-12-24)30(26)20-19-29(23)39(25-13-6-3-7-14-25)35-36-28-16-10-18-32-33(28)34(37-35)27-15-8-9-17-31(27)40-32/h2-22H,1H3. The zero-order chi connectivity index (χ0) is 26.6. The first-order valence-corrected chi connectivity index (χ1v) is 14.2. The largest absolute Gasteiger partial charge is 0.317 e. The lowest BCUT2D eigenvalue weighted by molar-refractivity contribution is 1.09. The van der Waals surface area contributed by atoms with E-state index in [1.165, 1.54) is 26.3 Å². The van der Waals surface area contributed by atoms with E-state index in [9.17, 15) is 0 Å². The van der Waals surface area contributed by atoms with E-state index in [0.29, 0.717) is 5.95 Å². The first-order valence-electron chi connectivity index (χ1n) is 13.4. The van der Waals surface area contributed by atoms with E-state index in [1.54, 1.807) is 11.8 Å². The molecule has 0 fully saturated rings. The molecule has 0 aliphatic carbocycles. The maximum atomic E-state index is 5.30. The van der Waals surface area contributed by atoms with Gasteiger partial charge in [-0.15, -0.1) is 0 Å². The molecule has 1 aliphatic rings. The van der Waals surface area contributed by atoms with Gasteiger partial charge in [0.2, 0.25) is 5.95 Å². The summed E-state index contributed by atoms with van der Waals surface area (Å²) in [4.78, 5) is 15.1. The Morgan fingerprint density at radius 1 is 0.675 bits per heavy atom. The van der Waals surface area contributed by atoms with E-state index >= 15 is 0 Å². The van der Waals surface area contributed by atoms with E-state index in [-0.39, 0.29) is 0 Å². The molecule has 190 valence electrons. The minimum Gasteiger partial charge on any atom is -0.317 e. The predicted molar refractivity (Wildman–Crippen MR) is 165 cm³/mol. The molecular weight excluding hydrogens is 508 g/mol. The third-order valence-electron chi connectivity index (χ3n) is 7.64. The maximum absolute atomic E-state index is 5.30. The quantitative estimate of drug-likeness (QED) is 0.226. The van der Waals surface area contributed by atoms with Crippen LogP contribution in [0.3, 0.4) is 0 Å². The number of benzene rings is 5. The minimum atomic E-state index is 0.664. The molecule has 2 aromatic heterocycles. The first-order chi connectivity index (χ1) is 19.8. The lowest BCUT2D eigenvalue weighted by Gasteiger charge is -2.27. The van der Waals surface area contributed by atoms with Crippen molar-refractivity contribution >= 4 is 50.9 Å². The van der Waals surface area contributed by atoms with Gasteiger partial charge in [-0.25, -0.2) is 9.97 Å². The van der Waals surface area contributed by atoms with Gasteiger partial charge in [-0.1, -0.05) is 72.4 Å². The molecule has 8 rings (SSSR count). The molecule has 0 saturated carbocycles. The molecule has 0 atom stereocenters. The van der Waals surface area contributed by atoms with Gasteiger partial charge in [0.05, 0.1) is 22.4 Å². The van der Waals surface area contributed by atoms with Gasteiger partial charge in [0.15, 0.2) is 0 Å². The van der Waals surface area contributed by atoms with Crippen molar-refractivity contribution in [3.63, 3.8) is 0 Å². The van der Waals surface area contributed by atoms with Crippen LogP contribution in [0.1, 0.15) is 5.56 Å². The van der Waals surface area contributed by atoms with Crippen LogP contribution in [-0.2, 0) is 0 Å². The number of rotatable bonds is 4. The van der Waals surface area contributed by atoms with E-state index in [1.807, 2.05) is 12.1 Å². The highest BCUT2D eigenvalue weighted by Crippen LogP contribution is 2.48. The predicted octanol–water partition coefficient (Wildman–Crippen LogP) is 9.48. The summed E-state index contributed by atoms with van der Waals surface area (Å²) in [6, 6.07) is 42.4. The van der Waals surface area contributed by atoms with Crippen molar-refractivity contribution in [3.8, 4) is 16.9 Å². The van der Waals surface area contributed by atoms with Gasteiger partial charge in [-0.3, -0.25) is 4.90 Å². The molecule has 5 heteroatoms. The Hall–Kier alpha value is -4.87. The zero-order valence-corrected chi connectivity index (χ0v) is 22.6. The molecule has 0 radical (unpaired) electrons. The number of hydrogen-bond donors (Lipinski definition) is 0. The number of fused-ring (bicyclic) bond motifs is 3. The molecule has 7 aromatic rings. The van der Waals surface area contributed by atoms with Gasteiger partial charge in [-0.05, 0) is 73.2 Å². The number of nitrogens with zero attached hydrogens (tertiary/aromatic N) is 4. The average molecular weight is 533 g/mol. The summed E-state index contributed by atoms with van der Waals surface area (Å²) < 4.78 is 2.24. The van der Waals surface area contributed by atoms with Crippen molar-refractivity contribution in [2.75, 3.05) is 4.90 Å². The Kier molecular flexibility index (Phi) is 5.25. The molecule has 3 heterocycles. The average Bonchev–Trinajstić information content (AvgIpc) is 3.45. The van der Waals surface area contributed by atoms with Crippen LogP contribution in [0.4, 0.5) is 17.3 Å². The van der Waals surface area contributed by atoms with Crippen LogP contribution < -0.4 is 4.90 Å². The zero-order valence-electron chi connectivity index (χ0n) is 21.8. The highest BCUT2D eigenvalue weighted by molar-refractivity contribution is 7.99. The molecule has 4 nitrogen and oxygen atoms in total. The van der Waals surface area contributed by atoms with Gasteiger partial charge < -0.3 is 4.57 Å². The Labute approximate surface area is 236 Å². The van der Waals surface area contributed by atoms with Crippen LogP contribution in [0, 0.1) is 6.92 Å². The summed E-state index contributed by atoms with van der Waals surface area (Å²) in [6.45, 7) is 2.19. The summed E-state index contributed by atoms with van der Waals surface area (Å²) in [5.41, 5.74) is 8.67. The molecule has 0 spiro atoms. The molecule has 5 aromatic carbocycles. The highest BCUT2D eigenvalue weighted by atomic mass is 32.2. The molecule has 0 unspecified atom stereocenters. The molecule has 0 saturated heterocycles. The fraction of sp³-hybridized carbons (Fsp3) is 0.0286. The van der Waals surface area contributed by atoms with Crippen molar-refractivity contribution in [1.29, 1.82) is 0 Å². The molecule has 0 N–H and O–H groups in total. The van der Waals surface area contributed by atoms with E-state index in [2.05, 4.69) is 132 Å². The fourth-order valence-electron chi connectivity index (χ4n) is 5.74. The van der Waals surface area contributed by atoms with Crippen molar-refractivity contribution in [2.24, 2.45) is 0 Å². The number of anilines is 3. The summed E-state index contributed by atoms with van der Waals surface area (Å²) >= 11 is 1.79. The van der Waals surface area contributed by atoms with Crippen LogP contribution in [0.15, 0.2) is 137 Å². The van der Waals surface area contributed by atoms with Crippen molar-refractivity contribution < 1.29 is 0 Å². The van der Waals surface area contributed by atoms with Crippen molar-refractivity contribution in [2.45, 2.75) is 16.7 Å². The minimum absolute atomic E-state index is 0.664. The topological polar surface area (TPSA) is 34.0 Å². The van der Waals surface area contributed by atoms with Gasteiger partial charge in [0, 0.05) is 43.7 Å². The van der Waals surface area contributed by atoms with Gasteiger partial charge >= 0.3 is 0 Å². The fourth-order valence-corrected chi connectivity index (χ4v) is 6.85. The Balaban J connectivity index is 1.37. The van der Waals surface area contributed by atoms with Crippen LogP contribution in [0.2, 0.25) is 0 Å². The summed E-state index contributed by atoms with van der Waals surface area (Å²) in [5.74, 6) is 0.664. The maximum Gasteiger partial charge on any atom is 0.235 e. The number of para-hydroxylation sites is 2. The van der Waals surface area contributed by atoms with Gasteiger partial charge in [-0.2, -0.15) is 0 Å². The van der Waals surface area contributed by atoms with E-state index < -0.39 is 0 Å². The van der Waals surface area contributed by atoms with Gasteiger partial charge in [0.25, 0.3) is 0 Å². The highest BCUT2D eigenvalue weighted by Gasteiger charge is 2.25. The summed E-state index contributed by atoms with van der Waals surface area (Å²) in [5, 5.41) is 2.32. The SMILES string of the molecule is Cc1c(N(c2ccccc2)c2nc3c4c(cccc4n2)Sc2ccccc2-3)ccc2c1ccn2-c1ccccc1. The normalized spacial score (nSPS) is 12.0. The number of aryl methyl sites for hydroxylation is 1. The van der Waals surface area contributed by atoms with E-state index in [4.69, 9.17) is 9.97 Å². The second-order valence-corrected chi connectivity index (χ2v) is 11.0. The number of hydrogen-bond acceptors (Lipinski definition) is 4. The lowest BCUT2D eigenvalue weighted by Crippen LogP contribution is -2.15. The molecule has 1 aliphatic heterocycles. The summed E-state index contributed by atoms with van der Waals surface area (Å²) in [6.07, 6.45) is 2.15. The van der Waals surface area contributed by atoms with Crippen LogP contribution in [0.5, 0.6) is 0 Å². The Bertz CT molecular complexity index is 2050. The Morgan fingerprint density at radius 2 is 1.43 bits per heavy atom. The monoisotopic (exact) mass is 532 g/mol. The Morgan fingerprint density at radius 3 is 2.27 bits per heavy atom. The lowest BCUT2D eigenvalue weighted by atomic mass is 10.1.